The maximum absolute atomic E-state index is 12.9. The molecule has 33 heavy (non-hydrogen) atoms. The average molecular weight is 536 g/mol. The van der Waals surface area contributed by atoms with Crippen LogP contribution in [0.25, 0.3) is 0 Å². The first-order chi connectivity index (χ1) is 15.6. The molecule has 0 unspecified atom stereocenters. The molecule has 3 rings (SSSR count). The topological polar surface area (TPSA) is 85.7 Å². The smallest absolute Gasteiger partial charge is 0.417 e. The Morgan fingerprint density at radius 1 is 1.03 bits per heavy atom. The van der Waals surface area contributed by atoms with Crippen molar-refractivity contribution in [2.45, 2.75) is 11.1 Å². The number of hydrogen-bond acceptors (Lipinski definition) is 7. The third-order valence-corrected chi connectivity index (χ3v) is 6.09. The van der Waals surface area contributed by atoms with Gasteiger partial charge >= 0.3 is 12.1 Å². The molecule has 0 amide bonds. The second-order valence-corrected chi connectivity index (χ2v) is 8.75. The third kappa shape index (κ3) is 6.33. The van der Waals surface area contributed by atoms with Crippen molar-refractivity contribution in [2.75, 3.05) is 0 Å². The number of alkyl halides is 3. The Labute approximate surface area is 202 Å². The first-order valence-electron chi connectivity index (χ1n) is 8.65. The second-order valence-electron chi connectivity index (χ2n) is 6.12. The van der Waals surface area contributed by atoms with Crippen molar-refractivity contribution in [3.63, 3.8) is 0 Å². The summed E-state index contributed by atoms with van der Waals surface area (Å²) < 4.78 is 43.7. The summed E-state index contributed by atoms with van der Waals surface area (Å²) >= 11 is 12.1. The van der Waals surface area contributed by atoms with Gasteiger partial charge < -0.3 is 9.99 Å². The Bertz CT molecular complexity index is 1210. The van der Waals surface area contributed by atoms with Crippen LogP contribution in [-0.2, 0) is 10.5 Å². The quantitative estimate of drug-likeness (QED) is 0.0823. The van der Waals surface area contributed by atoms with Crippen molar-refractivity contribution < 1.29 is 37.1 Å². The number of aromatic carboxylic acids is 1. The monoisotopic (exact) mass is 535 g/mol. The van der Waals surface area contributed by atoms with Gasteiger partial charge in [0.15, 0.2) is 5.75 Å². The number of nitrogens with zero attached hydrogens (tertiary/aromatic N) is 1. The van der Waals surface area contributed by atoms with E-state index in [-0.39, 0.29) is 32.5 Å². The first kappa shape index (κ1) is 25.2. The summed E-state index contributed by atoms with van der Waals surface area (Å²) in [7, 11) is 0.837. The highest BCUT2D eigenvalue weighted by molar-refractivity contribution is 8.74. The van der Waals surface area contributed by atoms with Gasteiger partial charge in [-0.15, -0.1) is 4.33 Å². The molecule has 0 saturated heterocycles. The predicted octanol–water partition coefficient (Wildman–Crippen LogP) is 7.00. The number of rotatable bonds is 8. The van der Waals surface area contributed by atoms with Crippen LogP contribution in [0, 0.1) is 0 Å². The fourth-order valence-corrected chi connectivity index (χ4v) is 4.35. The molecular weight excluding hydrogens is 526 g/mol. The van der Waals surface area contributed by atoms with Gasteiger partial charge in [-0.2, -0.15) is 13.2 Å². The number of pyridine rings is 1. The first-order valence-corrected chi connectivity index (χ1v) is 11.5. The zero-order valence-corrected chi connectivity index (χ0v) is 19.1. The molecule has 0 bridgehead atoms. The normalized spacial score (nSPS) is 11.3. The minimum atomic E-state index is -4.67. The molecule has 1 heterocycles. The van der Waals surface area contributed by atoms with Gasteiger partial charge in [0.25, 0.3) is 0 Å². The molecule has 1 N–H and O–H groups in total. The fraction of sp³-hybridized carbons (Fsp3) is 0.0500. The molecule has 0 fully saturated rings. The zero-order valence-electron chi connectivity index (χ0n) is 15.9. The number of carbonyl (C=O) groups is 2. The van der Waals surface area contributed by atoms with E-state index >= 15 is 0 Å². The molecule has 3 aromatic rings. The highest BCUT2D eigenvalue weighted by atomic mass is 35.5. The maximum Gasteiger partial charge on any atom is 0.417 e. The maximum atomic E-state index is 12.9. The average Bonchev–Trinajstić information content (AvgIpc) is 2.76. The number of carboxylic acids is 1. The van der Waals surface area contributed by atoms with Gasteiger partial charge in [-0.3, -0.25) is 4.79 Å². The van der Waals surface area contributed by atoms with Gasteiger partial charge in [0.05, 0.1) is 26.1 Å². The van der Waals surface area contributed by atoms with E-state index in [1.165, 1.54) is 42.6 Å². The van der Waals surface area contributed by atoms with Crippen molar-refractivity contribution in [3.8, 4) is 5.75 Å². The number of carboxylic acid groups (broad SMARTS) is 1. The van der Waals surface area contributed by atoms with Crippen molar-refractivity contribution in [3.05, 3.63) is 87.2 Å². The molecule has 0 radical (unpaired) electrons. The fourth-order valence-electron chi connectivity index (χ4n) is 2.53. The number of halogens is 5. The molecule has 0 atom stereocenters. The highest BCUT2D eigenvalue weighted by Gasteiger charge is 2.33. The molecule has 0 aliphatic carbocycles. The van der Waals surface area contributed by atoms with E-state index < -0.39 is 28.5 Å². The van der Waals surface area contributed by atoms with E-state index in [0.717, 1.165) is 16.9 Å². The molecule has 6 nitrogen and oxygen atoms in total. The van der Waals surface area contributed by atoms with Crippen LogP contribution < -0.4 is 4.89 Å². The van der Waals surface area contributed by atoms with E-state index in [1.807, 2.05) is 0 Å². The number of aromatic nitrogens is 1. The summed E-state index contributed by atoms with van der Waals surface area (Å²) in [5.41, 5.74) is -1.47. The molecule has 0 spiro atoms. The standard InChI is InChI=1S/C20H10Cl2F3NO5S2/c21-10-7-16(17(26-9-10)18(27)12-3-1-2-4-13(12)19(28)29)32-33-31-30-11-5-6-15(22)14(8-11)20(23,24)25/h1-9H,(H,28,29). The van der Waals surface area contributed by atoms with Gasteiger partial charge in [0, 0.05) is 11.8 Å². The molecular formula is C20H10Cl2F3NO5S2. The largest absolute Gasteiger partial charge is 0.478 e. The van der Waals surface area contributed by atoms with Crippen molar-refractivity contribution in [1.29, 1.82) is 0 Å². The minimum Gasteiger partial charge on any atom is -0.478 e. The summed E-state index contributed by atoms with van der Waals surface area (Å²) in [6.45, 7) is 0. The molecule has 1 aromatic heterocycles. The summed E-state index contributed by atoms with van der Waals surface area (Å²) in [5.74, 6) is -2.20. The van der Waals surface area contributed by atoms with E-state index in [9.17, 15) is 27.9 Å². The lowest BCUT2D eigenvalue weighted by atomic mass is 10.0. The Hall–Kier alpha value is -2.44. The summed E-state index contributed by atoms with van der Waals surface area (Å²) in [4.78, 5) is 33.4. The van der Waals surface area contributed by atoms with Crippen LogP contribution in [0.5, 0.6) is 5.75 Å². The summed E-state index contributed by atoms with van der Waals surface area (Å²) in [6.07, 6.45) is -3.46. The Morgan fingerprint density at radius 2 is 1.73 bits per heavy atom. The molecule has 0 aliphatic heterocycles. The number of carbonyl (C=O) groups excluding carboxylic acids is 1. The molecule has 0 aliphatic rings. The lowest BCUT2D eigenvalue weighted by molar-refractivity contribution is -0.138. The van der Waals surface area contributed by atoms with Gasteiger partial charge in [-0.25, -0.2) is 9.78 Å². The van der Waals surface area contributed by atoms with Crippen LogP contribution in [0.2, 0.25) is 10.0 Å². The highest BCUT2D eigenvalue weighted by Crippen LogP contribution is 2.39. The Kier molecular flexibility index (Phi) is 8.14. The second kappa shape index (κ2) is 10.7. The number of hydrogen-bond donors (Lipinski definition) is 1. The van der Waals surface area contributed by atoms with Gasteiger partial charge in [0.2, 0.25) is 5.78 Å². The van der Waals surface area contributed by atoms with Gasteiger partial charge in [-0.05, 0) is 41.1 Å². The van der Waals surface area contributed by atoms with Crippen LogP contribution in [0.15, 0.2) is 59.6 Å². The predicted molar refractivity (Wildman–Crippen MR) is 118 cm³/mol. The number of benzene rings is 2. The van der Waals surface area contributed by atoms with Crippen molar-refractivity contribution in [1.82, 2.24) is 4.98 Å². The lowest BCUT2D eigenvalue weighted by Gasteiger charge is -2.11. The SMILES string of the molecule is O=C(O)c1ccccc1C(=O)c1ncc(Cl)cc1SSOOc1ccc(Cl)c(C(F)(F)F)c1. The van der Waals surface area contributed by atoms with Crippen LogP contribution in [0.3, 0.4) is 0 Å². The van der Waals surface area contributed by atoms with Crippen molar-refractivity contribution >= 4 is 56.8 Å². The van der Waals surface area contributed by atoms with E-state index in [2.05, 4.69) is 4.98 Å². The van der Waals surface area contributed by atoms with Gasteiger partial charge in [0.1, 0.15) is 16.8 Å². The van der Waals surface area contributed by atoms with Crippen LogP contribution in [-0.4, -0.2) is 21.8 Å². The van der Waals surface area contributed by atoms with Crippen molar-refractivity contribution in [2.24, 2.45) is 0 Å². The molecule has 172 valence electrons. The number of ketones is 1. The Balaban J connectivity index is 1.74. The minimum absolute atomic E-state index is 0.0790. The van der Waals surface area contributed by atoms with Crippen LogP contribution >= 0.6 is 45.1 Å². The van der Waals surface area contributed by atoms with Gasteiger partial charge in [-0.1, -0.05) is 41.4 Å². The lowest BCUT2D eigenvalue weighted by Crippen LogP contribution is -2.11. The van der Waals surface area contributed by atoms with Crippen LogP contribution in [0.1, 0.15) is 32.0 Å². The summed E-state index contributed by atoms with van der Waals surface area (Å²) in [6, 6.07) is 9.89. The van der Waals surface area contributed by atoms with Crippen LogP contribution in [0.4, 0.5) is 13.2 Å². The van der Waals surface area contributed by atoms with E-state index in [0.29, 0.717) is 17.1 Å². The molecule has 0 saturated carbocycles. The van der Waals surface area contributed by atoms with E-state index in [4.69, 9.17) is 32.4 Å². The third-order valence-electron chi connectivity index (χ3n) is 3.96. The van der Waals surface area contributed by atoms with E-state index in [1.54, 1.807) is 0 Å². The molecule has 2 aromatic carbocycles. The summed E-state index contributed by atoms with van der Waals surface area (Å²) in [5, 5.41) is 9.02. The zero-order chi connectivity index (χ0) is 24.2. The Morgan fingerprint density at radius 3 is 2.39 bits per heavy atom. The molecule has 13 heteroatoms.